The largest absolute Gasteiger partial charge is 0.373 e. The SMILES string of the molecule is O=[N+]([O-])c1cc(F)ccc1NC1CCc2cc(Br)ccc21. The normalized spacial score (nSPS) is 16.6. The predicted molar refractivity (Wildman–Crippen MR) is 81.9 cm³/mol. The Morgan fingerprint density at radius 2 is 2.10 bits per heavy atom. The molecule has 1 aliphatic carbocycles. The van der Waals surface area contributed by atoms with Gasteiger partial charge in [0.15, 0.2) is 0 Å². The quantitative estimate of drug-likeness (QED) is 0.650. The fraction of sp³-hybridized carbons (Fsp3) is 0.200. The van der Waals surface area contributed by atoms with E-state index in [2.05, 4.69) is 27.3 Å². The average Bonchev–Trinajstić information content (AvgIpc) is 2.82. The molecule has 0 aliphatic heterocycles. The molecule has 0 fully saturated rings. The van der Waals surface area contributed by atoms with Gasteiger partial charge in [0.2, 0.25) is 0 Å². The van der Waals surface area contributed by atoms with Gasteiger partial charge in [-0.3, -0.25) is 10.1 Å². The van der Waals surface area contributed by atoms with Crippen molar-refractivity contribution in [2.75, 3.05) is 5.32 Å². The van der Waals surface area contributed by atoms with Crippen molar-refractivity contribution in [1.29, 1.82) is 0 Å². The molecule has 0 bridgehead atoms. The summed E-state index contributed by atoms with van der Waals surface area (Å²) in [6.45, 7) is 0. The summed E-state index contributed by atoms with van der Waals surface area (Å²) in [5, 5.41) is 14.2. The van der Waals surface area contributed by atoms with Gasteiger partial charge >= 0.3 is 0 Å². The third-order valence-electron chi connectivity index (χ3n) is 3.67. The Morgan fingerprint density at radius 3 is 2.86 bits per heavy atom. The standard InChI is InChI=1S/C15H12BrFN2O2/c16-10-2-4-12-9(7-10)1-5-13(12)18-14-6-3-11(17)8-15(14)19(20)21/h2-4,6-8,13,18H,1,5H2. The zero-order chi connectivity index (χ0) is 15.0. The zero-order valence-electron chi connectivity index (χ0n) is 11.0. The van der Waals surface area contributed by atoms with E-state index in [9.17, 15) is 14.5 Å². The molecule has 0 heterocycles. The number of hydrogen-bond acceptors (Lipinski definition) is 3. The van der Waals surface area contributed by atoms with Crippen LogP contribution in [0.3, 0.4) is 0 Å². The molecule has 0 amide bonds. The van der Waals surface area contributed by atoms with Crippen molar-refractivity contribution in [3.05, 3.63) is 67.9 Å². The van der Waals surface area contributed by atoms with Gasteiger partial charge in [0, 0.05) is 4.47 Å². The highest BCUT2D eigenvalue weighted by Crippen LogP contribution is 2.37. The van der Waals surface area contributed by atoms with Crippen molar-refractivity contribution in [2.45, 2.75) is 18.9 Å². The fourth-order valence-electron chi connectivity index (χ4n) is 2.70. The van der Waals surface area contributed by atoms with Gasteiger partial charge in [-0.25, -0.2) is 4.39 Å². The van der Waals surface area contributed by atoms with E-state index in [1.165, 1.54) is 17.7 Å². The second kappa shape index (κ2) is 5.44. The minimum absolute atomic E-state index is 0.0114. The van der Waals surface area contributed by atoms with E-state index in [0.29, 0.717) is 5.69 Å². The Bertz CT molecular complexity index is 721. The summed E-state index contributed by atoms with van der Waals surface area (Å²) >= 11 is 3.44. The summed E-state index contributed by atoms with van der Waals surface area (Å²) in [4.78, 5) is 10.5. The molecular weight excluding hydrogens is 339 g/mol. The molecule has 1 aliphatic rings. The van der Waals surface area contributed by atoms with Crippen LogP contribution in [-0.2, 0) is 6.42 Å². The molecule has 1 atom stereocenters. The smallest absolute Gasteiger partial charge is 0.295 e. The Labute approximate surface area is 129 Å². The number of halogens is 2. The number of nitrogens with one attached hydrogen (secondary N) is 1. The number of rotatable bonds is 3. The third kappa shape index (κ3) is 2.76. The minimum Gasteiger partial charge on any atom is -0.373 e. The highest BCUT2D eigenvalue weighted by atomic mass is 79.9. The molecule has 108 valence electrons. The van der Waals surface area contributed by atoms with Crippen LogP contribution in [0, 0.1) is 15.9 Å². The number of hydrogen-bond donors (Lipinski definition) is 1. The number of anilines is 1. The van der Waals surface area contributed by atoms with E-state index in [1.807, 2.05) is 12.1 Å². The molecule has 4 nitrogen and oxygen atoms in total. The molecule has 6 heteroatoms. The summed E-state index contributed by atoms with van der Waals surface area (Å²) in [6.07, 6.45) is 1.78. The molecule has 0 spiro atoms. The van der Waals surface area contributed by atoms with Crippen molar-refractivity contribution in [1.82, 2.24) is 0 Å². The lowest BCUT2D eigenvalue weighted by atomic mass is 10.1. The van der Waals surface area contributed by atoms with Crippen LogP contribution in [0.5, 0.6) is 0 Å². The van der Waals surface area contributed by atoms with Crippen LogP contribution in [0.1, 0.15) is 23.6 Å². The monoisotopic (exact) mass is 350 g/mol. The van der Waals surface area contributed by atoms with Gasteiger partial charge in [0.05, 0.1) is 17.0 Å². The predicted octanol–water partition coefficient (Wildman–Crippen LogP) is 4.60. The summed E-state index contributed by atoms with van der Waals surface area (Å²) in [6, 6.07) is 9.64. The summed E-state index contributed by atoms with van der Waals surface area (Å²) < 4.78 is 14.2. The summed E-state index contributed by atoms with van der Waals surface area (Å²) in [5.74, 6) is -0.608. The van der Waals surface area contributed by atoms with Gasteiger partial charge in [-0.05, 0) is 48.2 Å². The number of aryl methyl sites for hydroxylation is 1. The molecule has 0 saturated heterocycles. The first-order valence-electron chi connectivity index (χ1n) is 6.53. The maximum atomic E-state index is 13.2. The van der Waals surface area contributed by atoms with Crippen LogP contribution in [0.15, 0.2) is 40.9 Å². The van der Waals surface area contributed by atoms with Crippen molar-refractivity contribution in [2.24, 2.45) is 0 Å². The van der Waals surface area contributed by atoms with Crippen LogP contribution < -0.4 is 5.32 Å². The first kappa shape index (κ1) is 14.0. The molecule has 1 unspecified atom stereocenters. The van der Waals surface area contributed by atoms with Gasteiger partial charge in [0.1, 0.15) is 11.5 Å². The van der Waals surface area contributed by atoms with E-state index in [-0.39, 0.29) is 11.7 Å². The Balaban J connectivity index is 1.91. The van der Waals surface area contributed by atoms with Gasteiger partial charge in [0.25, 0.3) is 5.69 Å². The number of nitrogens with zero attached hydrogens (tertiary/aromatic N) is 1. The first-order valence-corrected chi connectivity index (χ1v) is 7.32. The Hall–Kier alpha value is -1.95. The van der Waals surface area contributed by atoms with E-state index in [0.717, 1.165) is 28.9 Å². The number of nitro groups is 1. The fourth-order valence-corrected chi connectivity index (χ4v) is 3.11. The lowest BCUT2D eigenvalue weighted by molar-refractivity contribution is -0.384. The molecular formula is C15H12BrFN2O2. The van der Waals surface area contributed by atoms with E-state index in [1.54, 1.807) is 0 Å². The van der Waals surface area contributed by atoms with Crippen LogP contribution in [0.4, 0.5) is 15.8 Å². The third-order valence-corrected chi connectivity index (χ3v) is 4.16. The molecule has 2 aromatic carbocycles. The number of nitro benzene ring substituents is 1. The van der Waals surface area contributed by atoms with Crippen molar-refractivity contribution in [3.8, 4) is 0 Å². The van der Waals surface area contributed by atoms with Crippen LogP contribution >= 0.6 is 15.9 Å². The van der Waals surface area contributed by atoms with Crippen LogP contribution in [-0.4, -0.2) is 4.92 Å². The van der Waals surface area contributed by atoms with E-state index >= 15 is 0 Å². The molecule has 0 aromatic heterocycles. The Morgan fingerprint density at radius 1 is 1.29 bits per heavy atom. The zero-order valence-corrected chi connectivity index (χ0v) is 12.6. The van der Waals surface area contributed by atoms with Crippen LogP contribution in [0.25, 0.3) is 0 Å². The molecule has 21 heavy (non-hydrogen) atoms. The molecule has 3 rings (SSSR count). The molecule has 1 N–H and O–H groups in total. The second-order valence-corrected chi connectivity index (χ2v) is 5.91. The van der Waals surface area contributed by atoms with Gasteiger partial charge in [-0.2, -0.15) is 0 Å². The number of benzene rings is 2. The maximum absolute atomic E-state index is 13.2. The highest BCUT2D eigenvalue weighted by Gasteiger charge is 2.25. The van der Waals surface area contributed by atoms with Gasteiger partial charge < -0.3 is 5.32 Å². The van der Waals surface area contributed by atoms with Gasteiger partial charge in [-0.15, -0.1) is 0 Å². The first-order chi connectivity index (χ1) is 10.0. The highest BCUT2D eigenvalue weighted by molar-refractivity contribution is 9.10. The average molecular weight is 351 g/mol. The van der Waals surface area contributed by atoms with E-state index < -0.39 is 10.7 Å². The summed E-state index contributed by atoms with van der Waals surface area (Å²) in [7, 11) is 0. The van der Waals surface area contributed by atoms with E-state index in [4.69, 9.17) is 0 Å². The molecule has 2 aromatic rings. The molecule has 0 saturated carbocycles. The van der Waals surface area contributed by atoms with Crippen molar-refractivity contribution in [3.63, 3.8) is 0 Å². The summed E-state index contributed by atoms with van der Waals surface area (Å²) in [5.41, 5.74) is 2.48. The number of fused-ring (bicyclic) bond motifs is 1. The topological polar surface area (TPSA) is 55.2 Å². The Kier molecular flexibility index (Phi) is 3.63. The van der Waals surface area contributed by atoms with Crippen molar-refractivity contribution >= 4 is 27.3 Å². The van der Waals surface area contributed by atoms with Crippen LogP contribution in [0.2, 0.25) is 0 Å². The minimum atomic E-state index is -0.608. The van der Waals surface area contributed by atoms with Crippen molar-refractivity contribution < 1.29 is 9.31 Å². The lowest BCUT2D eigenvalue weighted by Gasteiger charge is -2.15. The second-order valence-electron chi connectivity index (χ2n) is 5.00. The lowest BCUT2D eigenvalue weighted by Crippen LogP contribution is -2.09. The molecule has 0 radical (unpaired) electrons. The van der Waals surface area contributed by atoms with Gasteiger partial charge in [-0.1, -0.05) is 22.0 Å². The maximum Gasteiger partial charge on any atom is 0.295 e.